The molecule has 1 aromatic heterocycles. The number of nitrogens with one attached hydrogen (secondary N) is 2. The zero-order valence-electron chi connectivity index (χ0n) is 13.2. The summed E-state index contributed by atoms with van der Waals surface area (Å²) in [6, 6.07) is 10.9. The van der Waals surface area contributed by atoms with Crippen molar-refractivity contribution in [2.75, 3.05) is 13.1 Å². The zero-order chi connectivity index (χ0) is 15.9. The number of aryl methyl sites for hydroxylation is 1. The number of carbonyl (C=O) groups excluding carboxylic acids is 1. The maximum Gasteiger partial charge on any atom is 0.220 e. The van der Waals surface area contributed by atoms with E-state index in [1.54, 1.807) is 0 Å². The topological polar surface area (TPSA) is 73.9 Å². The van der Waals surface area contributed by atoms with Gasteiger partial charge in [-0.1, -0.05) is 30.3 Å². The van der Waals surface area contributed by atoms with E-state index in [0.29, 0.717) is 18.9 Å². The number of amides is 1. The molecule has 1 atom stereocenters. The molecule has 0 radical (unpaired) electrons. The van der Waals surface area contributed by atoms with Crippen molar-refractivity contribution >= 4 is 5.91 Å². The van der Waals surface area contributed by atoms with Crippen LogP contribution in [0.1, 0.15) is 30.7 Å². The van der Waals surface area contributed by atoms with Crippen LogP contribution in [0.25, 0.3) is 0 Å². The monoisotopic (exact) mass is 313 g/mol. The average Bonchev–Trinajstić information content (AvgIpc) is 3.24. The second-order valence-electron chi connectivity index (χ2n) is 5.99. The number of hydrogen-bond acceptors (Lipinski definition) is 4. The molecule has 6 nitrogen and oxygen atoms in total. The SMILES string of the molecule is O=C(CCc1ncn[nH]1)NC[C@H]1CCCN1Cc1ccccc1. The lowest BCUT2D eigenvalue weighted by molar-refractivity contribution is -0.121. The Bertz CT molecular complexity index is 599. The van der Waals surface area contributed by atoms with Crippen molar-refractivity contribution in [2.45, 2.75) is 38.3 Å². The number of rotatable bonds is 7. The molecule has 1 fully saturated rings. The fourth-order valence-corrected chi connectivity index (χ4v) is 3.06. The van der Waals surface area contributed by atoms with Gasteiger partial charge in [-0.3, -0.25) is 14.8 Å². The summed E-state index contributed by atoms with van der Waals surface area (Å²) in [5.74, 6) is 0.833. The van der Waals surface area contributed by atoms with Crippen LogP contribution in [0.15, 0.2) is 36.7 Å². The lowest BCUT2D eigenvalue weighted by atomic mass is 10.1. The van der Waals surface area contributed by atoms with Crippen LogP contribution in [-0.2, 0) is 17.8 Å². The van der Waals surface area contributed by atoms with Crippen LogP contribution in [0.3, 0.4) is 0 Å². The molecule has 23 heavy (non-hydrogen) atoms. The van der Waals surface area contributed by atoms with Crippen LogP contribution < -0.4 is 5.32 Å². The predicted molar refractivity (Wildman–Crippen MR) is 87.6 cm³/mol. The third-order valence-corrected chi connectivity index (χ3v) is 4.32. The van der Waals surface area contributed by atoms with Crippen molar-refractivity contribution < 1.29 is 4.79 Å². The Morgan fingerprint density at radius 1 is 1.35 bits per heavy atom. The van der Waals surface area contributed by atoms with Gasteiger partial charge in [-0.25, -0.2) is 4.98 Å². The summed E-state index contributed by atoms with van der Waals surface area (Å²) in [5.41, 5.74) is 1.33. The van der Waals surface area contributed by atoms with E-state index in [0.717, 1.165) is 31.9 Å². The van der Waals surface area contributed by atoms with Crippen molar-refractivity contribution in [3.63, 3.8) is 0 Å². The Hall–Kier alpha value is -2.21. The normalized spacial score (nSPS) is 18.2. The molecule has 1 aliphatic rings. The predicted octanol–water partition coefficient (Wildman–Crippen LogP) is 1.52. The lowest BCUT2D eigenvalue weighted by Crippen LogP contribution is -2.39. The van der Waals surface area contributed by atoms with Gasteiger partial charge < -0.3 is 5.32 Å². The molecule has 1 saturated heterocycles. The first kappa shape index (κ1) is 15.7. The van der Waals surface area contributed by atoms with Crippen LogP contribution in [0.5, 0.6) is 0 Å². The average molecular weight is 313 g/mol. The Kier molecular flexibility index (Phi) is 5.37. The number of hydrogen-bond donors (Lipinski definition) is 2. The van der Waals surface area contributed by atoms with Crippen LogP contribution >= 0.6 is 0 Å². The Morgan fingerprint density at radius 2 is 2.22 bits per heavy atom. The minimum absolute atomic E-state index is 0.0768. The van der Waals surface area contributed by atoms with Gasteiger partial charge in [-0.05, 0) is 24.9 Å². The molecule has 0 bridgehead atoms. The Balaban J connectivity index is 1.42. The highest BCUT2D eigenvalue weighted by Crippen LogP contribution is 2.19. The van der Waals surface area contributed by atoms with E-state index in [1.165, 1.54) is 18.3 Å². The number of aromatic amines is 1. The second kappa shape index (κ2) is 7.87. The first-order chi connectivity index (χ1) is 11.3. The molecular formula is C17H23N5O. The molecule has 2 aromatic rings. The molecule has 1 amide bonds. The van der Waals surface area contributed by atoms with Gasteiger partial charge in [-0.15, -0.1) is 0 Å². The second-order valence-corrected chi connectivity index (χ2v) is 5.99. The molecule has 0 saturated carbocycles. The summed E-state index contributed by atoms with van der Waals surface area (Å²) < 4.78 is 0. The van der Waals surface area contributed by atoms with Gasteiger partial charge in [0.05, 0.1) is 0 Å². The van der Waals surface area contributed by atoms with E-state index in [9.17, 15) is 4.79 Å². The van der Waals surface area contributed by atoms with Crippen LogP contribution in [0, 0.1) is 0 Å². The van der Waals surface area contributed by atoms with Gasteiger partial charge in [0.15, 0.2) is 0 Å². The third-order valence-electron chi connectivity index (χ3n) is 4.32. The standard InChI is InChI=1S/C17H23N5O/c23-17(9-8-16-19-13-20-21-16)18-11-15-7-4-10-22(15)12-14-5-2-1-3-6-14/h1-3,5-6,13,15H,4,7-12H2,(H,18,23)(H,19,20,21)/t15-/m1/s1. The van der Waals surface area contributed by atoms with Crippen molar-refractivity contribution in [1.29, 1.82) is 0 Å². The maximum atomic E-state index is 12.0. The maximum absolute atomic E-state index is 12.0. The summed E-state index contributed by atoms with van der Waals surface area (Å²) in [6.45, 7) is 2.79. The molecule has 0 spiro atoms. The number of carbonyl (C=O) groups is 1. The van der Waals surface area contributed by atoms with Crippen LogP contribution in [0.4, 0.5) is 0 Å². The van der Waals surface area contributed by atoms with E-state index in [4.69, 9.17) is 0 Å². The van der Waals surface area contributed by atoms with Gasteiger partial charge in [0, 0.05) is 32.0 Å². The number of H-pyrrole nitrogens is 1. The Morgan fingerprint density at radius 3 is 3.00 bits per heavy atom. The molecule has 6 heteroatoms. The van der Waals surface area contributed by atoms with Crippen LogP contribution in [-0.4, -0.2) is 45.1 Å². The first-order valence-electron chi connectivity index (χ1n) is 8.20. The number of benzene rings is 1. The highest BCUT2D eigenvalue weighted by atomic mass is 16.1. The van der Waals surface area contributed by atoms with E-state index in [1.807, 2.05) is 6.07 Å². The third kappa shape index (κ3) is 4.63. The molecule has 2 heterocycles. The van der Waals surface area contributed by atoms with E-state index < -0.39 is 0 Å². The molecule has 3 rings (SSSR count). The van der Waals surface area contributed by atoms with Crippen molar-refractivity contribution in [2.24, 2.45) is 0 Å². The summed E-state index contributed by atoms with van der Waals surface area (Å²) in [6.07, 6.45) is 4.86. The fraction of sp³-hybridized carbons (Fsp3) is 0.471. The van der Waals surface area contributed by atoms with Gasteiger partial charge in [0.25, 0.3) is 0 Å². The summed E-state index contributed by atoms with van der Waals surface area (Å²) in [4.78, 5) is 18.5. The summed E-state index contributed by atoms with van der Waals surface area (Å²) >= 11 is 0. The fourth-order valence-electron chi connectivity index (χ4n) is 3.06. The van der Waals surface area contributed by atoms with E-state index >= 15 is 0 Å². The van der Waals surface area contributed by atoms with Crippen molar-refractivity contribution in [3.05, 3.63) is 48.0 Å². The van der Waals surface area contributed by atoms with Gasteiger partial charge >= 0.3 is 0 Å². The van der Waals surface area contributed by atoms with Gasteiger partial charge in [0.1, 0.15) is 12.2 Å². The van der Waals surface area contributed by atoms with Gasteiger partial charge in [-0.2, -0.15) is 5.10 Å². The quantitative estimate of drug-likeness (QED) is 0.813. The Labute approximate surface area is 136 Å². The largest absolute Gasteiger partial charge is 0.355 e. The molecule has 1 aliphatic heterocycles. The number of nitrogens with zero attached hydrogens (tertiary/aromatic N) is 3. The van der Waals surface area contributed by atoms with Crippen molar-refractivity contribution in [3.8, 4) is 0 Å². The number of aromatic nitrogens is 3. The minimum Gasteiger partial charge on any atom is -0.355 e. The van der Waals surface area contributed by atoms with Gasteiger partial charge in [0.2, 0.25) is 5.91 Å². The molecule has 122 valence electrons. The molecular weight excluding hydrogens is 290 g/mol. The van der Waals surface area contributed by atoms with E-state index in [2.05, 4.69) is 49.7 Å². The number of likely N-dealkylation sites (tertiary alicyclic amines) is 1. The van der Waals surface area contributed by atoms with Crippen molar-refractivity contribution in [1.82, 2.24) is 25.4 Å². The molecule has 0 aliphatic carbocycles. The minimum atomic E-state index is 0.0768. The molecule has 1 aromatic carbocycles. The smallest absolute Gasteiger partial charge is 0.220 e. The first-order valence-corrected chi connectivity index (χ1v) is 8.20. The summed E-state index contributed by atoms with van der Waals surface area (Å²) in [5, 5.41) is 9.62. The summed E-state index contributed by atoms with van der Waals surface area (Å²) in [7, 11) is 0. The highest BCUT2D eigenvalue weighted by molar-refractivity contribution is 5.76. The zero-order valence-corrected chi connectivity index (χ0v) is 13.2. The highest BCUT2D eigenvalue weighted by Gasteiger charge is 2.24. The molecule has 0 unspecified atom stereocenters. The lowest BCUT2D eigenvalue weighted by Gasteiger charge is -2.24. The van der Waals surface area contributed by atoms with E-state index in [-0.39, 0.29) is 5.91 Å². The molecule has 2 N–H and O–H groups in total. The van der Waals surface area contributed by atoms with Crippen LogP contribution in [0.2, 0.25) is 0 Å².